The van der Waals surface area contributed by atoms with Crippen molar-refractivity contribution in [2.45, 2.75) is 33.4 Å². The quantitative estimate of drug-likeness (QED) is 0.449. The van der Waals surface area contributed by atoms with E-state index < -0.39 is 0 Å². The topological polar surface area (TPSA) is 57.0 Å². The van der Waals surface area contributed by atoms with Crippen LogP contribution < -0.4 is 0 Å². The number of aromatic nitrogens is 3. The molecule has 0 spiro atoms. The van der Waals surface area contributed by atoms with Crippen LogP contribution in [0.25, 0.3) is 11.2 Å². The molecule has 0 saturated heterocycles. The predicted octanol–water partition coefficient (Wildman–Crippen LogP) is 4.77. The fourth-order valence-corrected chi connectivity index (χ4v) is 3.08. The van der Waals surface area contributed by atoms with E-state index in [1.165, 1.54) is 0 Å². The van der Waals surface area contributed by atoms with Gasteiger partial charge in [-0.2, -0.15) is 0 Å². The monoisotopic (exact) mass is 421 g/mol. The smallest absolute Gasteiger partial charge is 0.338 e. The number of fused-ring (bicyclic) bond motifs is 1. The molecule has 3 aromatic rings. The van der Waals surface area contributed by atoms with Crippen molar-refractivity contribution in [3.63, 3.8) is 0 Å². The lowest BCUT2D eigenvalue weighted by molar-refractivity contribution is 0.0378. The summed E-state index contributed by atoms with van der Waals surface area (Å²) in [6.45, 7) is 6.07. The largest absolute Gasteiger partial charge is 0.459 e. The molecule has 0 aliphatic carbocycles. The third-order valence-corrected chi connectivity index (χ3v) is 4.50. The van der Waals surface area contributed by atoms with E-state index in [1.54, 1.807) is 12.1 Å². The average Bonchev–Trinajstić information content (AvgIpc) is 2.84. The number of imidazole rings is 1. The highest BCUT2D eigenvalue weighted by atomic mass is 79.9. The van der Waals surface area contributed by atoms with Gasteiger partial charge in [-0.1, -0.05) is 17.7 Å². The first-order valence-electron chi connectivity index (χ1n) is 7.84. The normalized spacial score (nSPS) is 11.3. The summed E-state index contributed by atoms with van der Waals surface area (Å²) in [6, 6.07) is 8.98. The van der Waals surface area contributed by atoms with Crippen LogP contribution in [0.3, 0.4) is 0 Å². The lowest BCUT2D eigenvalue weighted by Crippen LogP contribution is -2.12. The number of aryl methyl sites for hydroxylation is 1. The summed E-state index contributed by atoms with van der Waals surface area (Å²) >= 11 is 9.78. The minimum atomic E-state index is -0.377. The Balaban J connectivity index is 1.93. The summed E-state index contributed by atoms with van der Waals surface area (Å²) in [4.78, 5) is 21.0. The number of rotatable bonds is 4. The van der Waals surface area contributed by atoms with Crippen LogP contribution >= 0.6 is 27.5 Å². The van der Waals surface area contributed by atoms with E-state index in [9.17, 15) is 4.79 Å². The number of hydrogen-bond acceptors (Lipinski definition) is 4. The number of nitrogens with zero attached hydrogens (tertiary/aromatic N) is 3. The minimum Gasteiger partial charge on any atom is -0.459 e. The van der Waals surface area contributed by atoms with Gasteiger partial charge in [0.1, 0.15) is 15.9 Å². The van der Waals surface area contributed by atoms with Gasteiger partial charge in [-0.15, -0.1) is 0 Å². The summed E-state index contributed by atoms with van der Waals surface area (Å²) in [7, 11) is 0. The van der Waals surface area contributed by atoms with Gasteiger partial charge in [-0.3, -0.25) is 0 Å². The van der Waals surface area contributed by atoms with Crippen LogP contribution in [-0.4, -0.2) is 26.6 Å². The van der Waals surface area contributed by atoms with Crippen molar-refractivity contribution in [1.29, 1.82) is 0 Å². The van der Waals surface area contributed by atoms with Crippen LogP contribution in [-0.2, 0) is 11.3 Å². The molecule has 130 valence electrons. The molecule has 5 nitrogen and oxygen atoms in total. The predicted molar refractivity (Wildman–Crippen MR) is 101 cm³/mol. The lowest BCUT2D eigenvalue weighted by atomic mass is 10.1. The second-order valence-electron chi connectivity index (χ2n) is 5.98. The summed E-state index contributed by atoms with van der Waals surface area (Å²) < 4.78 is 7.94. The number of carbonyl (C=O) groups excluding carboxylic acids is 1. The van der Waals surface area contributed by atoms with Crippen LogP contribution in [0.4, 0.5) is 0 Å². The van der Waals surface area contributed by atoms with E-state index in [2.05, 4.69) is 25.9 Å². The molecule has 0 saturated carbocycles. The number of esters is 1. The molecule has 1 aromatic carbocycles. The Kier molecular flexibility index (Phi) is 5.11. The average molecular weight is 423 g/mol. The van der Waals surface area contributed by atoms with Gasteiger partial charge >= 0.3 is 5.97 Å². The second-order valence-corrected chi connectivity index (χ2v) is 7.20. The third kappa shape index (κ3) is 3.85. The first-order valence-corrected chi connectivity index (χ1v) is 9.01. The zero-order valence-electron chi connectivity index (χ0n) is 14.1. The highest BCUT2D eigenvalue weighted by Crippen LogP contribution is 2.23. The Labute approximate surface area is 159 Å². The van der Waals surface area contributed by atoms with Crippen molar-refractivity contribution in [2.75, 3.05) is 0 Å². The van der Waals surface area contributed by atoms with Crippen molar-refractivity contribution in [1.82, 2.24) is 14.5 Å². The molecule has 0 unspecified atom stereocenters. The van der Waals surface area contributed by atoms with Gasteiger partial charge in [0.2, 0.25) is 0 Å². The van der Waals surface area contributed by atoms with Crippen LogP contribution in [0.15, 0.2) is 34.9 Å². The molecule has 0 N–H and O–H groups in total. The first kappa shape index (κ1) is 17.9. The van der Waals surface area contributed by atoms with E-state index in [0.29, 0.717) is 17.1 Å². The van der Waals surface area contributed by atoms with Crippen LogP contribution in [0.1, 0.15) is 35.6 Å². The van der Waals surface area contributed by atoms with Crippen LogP contribution in [0.2, 0.25) is 5.02 Å². The Morgan fingerprint density at radius 3 is 2.72 bits per heavy atom. The maximum Gasteiger partial charge on any atom is 0.338 e. The Morgan fingerprint density at radius 2 is 2.04 bits per heavy atom. The molecule has 0 bridgehead atoms. The number of hydrogen-bond donors (Lipinski definition) is 0. The first-order chi connectivity index (χ1) is 11.8. The SMILES string of the molecule is Cc1nc2ccc(Br)nc2n1Cc1ccc(C(=O)OC(C)C)cc1Cl. The summed E-state index contributed by atoms with van der Waals surface area (Å²) in [5.74, 6) is 0.471. The minimum absolute atomic E-state index is 0.171. The Hall–Kier alpha value is -1.92. The van der Waals surface area contributed by atoms with E-state index in [1.807, 2.05) is 43.5 Å². The molecule has 0 amide bonds. The van der Waals surface area contributed by atoms with Crippen molar-refractivity contribution in [3.05, 3.63) is 56.9 Å². The molecule has 0 fully saturated rings. The number of carbonyl (C=O) groups is 1. The molecule has 0 aliphatic heterocycles. The molecule has 3 rings (SSSR count). The highest BCUT2D eigenvalue weighted by molar-refractivity contribution is 9.10. The van der Waals surface area contributed by atoms with Gasteiger partial charge in [-0.25, -0.2) is 14.8 Å². The molecule has 25 heavy (non-hydrogen) atoms. The van der Waals surface area contributed by atoms with Crippen LogP contribution in [0.5, 0.6) is 0 Å². The third-order valence-electron chi connectivity index (χ3n) is 3.71. The summed E-state index contributed by atoms with van der Waals surface area (Å²) in [5, 5.41) is 0.509. The van der Waals surface area contributed by atoms with Crippen molar-refractivity contribution in [2.24, 2.45) is 0 Å². The maximum absolute atomic E-state index is 12.0. The van der Waals surface area contributed by atoms with Gasteiger partial charge in [-0.05, 0) is 66.5 Å². The van der Waals surface area contributed by atoms with E-state index in [0.717, 1.165) is 27.2 Å². The summed E-state index contributed by atoms with van der Waals surface area (Å²) in [5.41, 5.74) is 2.93. The number of pyridine rings is 1. The second kappa shape index (κ2) is 7.14. The molecule has 0 radical (unpaired) electrons. The number of benzene rings is 1. The zero-order chi connectivity index (χ0) is 18.1. The van der Waals surface area contributed by atoms with Gasteiger partial charge in [0.05, 0.1) is 18.2 Å². The zero-order valence-corrected chi connectivity index (χ0v) is 16.4. The molecular formula is C18H17BrClN3O2. The van der Waals surface area contributed by atoms with Crippen molar-refractivity contribution < 1.29 is 9.53 Å². The fourth-order valence-electron chi connectivity index (χ4n) is 2.54. The molecule has 0 atom stereocenters. The van der Waals surface area contributed by atoms with Crippen molar-refractivity contribution >= 4 is 44.7 Å². The number of halogens is 2. The van der Waals surface area contributed by atoms with Gasteiger partial charge in [0, 0.05) is 5.02 Å². The molecular weight excluding hydrogens is 406 g/mol. The highest BCUT2D eigenvalue weighted by Gasteiger charge is 2.14. The molecule has 2 aromatic heterocycles. The van der Waals surface area contributed by atoms with Gasteiger partial charge in [0.15, 0.2) is 5.65 Å². The molecule has 7 heteroatoms. The van der Waals surface area contributed by atoms with Gasteiger partial charge in [0.25, 0.3) is 0 Å². The van der Waals surface area contributed by atoms with Crippen LogP contribution in [0, 0.1) is 6.92 Å². The summed E-state index contributed by atoms with van der Waals surface area (Å²) in [6.07, 6.45) is -0.171. The Bertz CT molecular complexity index is 953. The van der Waals surface area contributed by atoms with E-state index >= 15 is 0 Å². The van der Waals surface area contributed by atoms with Crippen molar-refractivity contribution in [3.8, 4) is 0 Å². The molecule has 0 aliphatic rings. The molecule has 2 heterocycles. The maximum atomic E-state index is 12.0. The lowest BCUT2D eigenvalue weighted by Gasteiger charge is -2.11. The van der Waals surface area contributed by atoms with E-state index in [4.69, 9.17) is 16.3 Å². The number of ether oxygens (including phenoxy) is 1. The van der Waals surface area contributed by atoms with Gasteiger partial charge < -0.3 is 9.30 Å². The van der Waals surface area contributed by atoms with E-state index in [-0.39, 0.29) is 12.1 Å². The fraction of sp³-hybridized carbons (Fsp3) is 0.278. The Morgan fingerprint density at radius 1 is 1.28 bits per heavy atom. The standard InChI is InChI=1S/C18H17BrClN3O2/c1-10(2)25-18(24)12-4-5-13(14(20)8-12)9-23-11(3)21-15-6-7-16(19)22-17(15)23/h4-8,10H,9H2,1-3H3.